The number of imidazole rings is 1. The van der Waals surface area contributed by atoms with Crippen LogP contribution in [0.2, 0.25) is 0 Å². The number of aliphatic hydroxyl groups is 1. The number of benzene rings is 2. The quantitative estimate of drug-likeness (QED) is 0.719. The molecule has 0 saturated heterocycles. The van der Waals surface area contributed by atoms with Crippen LogP contribution in [-0.4, -0.2) is 19.3 Å². The van der Waals surface area contributed by atoms with Crippen LogP contribution in [0.4, 0.5) is 0 Å². The maximum absolute atomic E-state index is 12.8. The van der Waals surface area contributed by atoms with E-state index in [2.05, 4.69) is 6.07 Å². The predicted molar refractivity (Wildman–Crippen MR) is 88.1 cm³/mol. The Hall–Kier alpha value is -3.04. The monoisotopic (exact) mass is 321 g/mol. The van der Waals surface area contributed by atoms with Crippen LogP contribution < -0.4 is 5.69 Å². The molecule has 0 bridgehead atoms. The number of fused-ring (bicyclic) bond motifs is 2. The van der Waals surface area contributed by atoms with Gasteiger partial charge < -0.3 is 10.2 Å². The first-order valence-electron chi connectivity index (χ1n) is 7.78. The van der Waals surface area contributed by atoms with E-state index in [0.717, 1.165) is 0 Å². The van der Waals surface area contributed by atoms with Gasteiger partial charge in [-0.3, -0.25) is 4.57 Å². The molecule has 1 aliphatic heterocycles. The van der Waals surface area contributed by atoms with E-state index < -0.39 is 6.10 Å². The van der Waals surface area contributed by atoms with E-state index in [-0.39, 0.29) is 17.3 Å². The van der Waals surface area contributed by atoms with Gasteiger partial charge in [0, 0.05) is 17.3 Å². The van der Waals surface area contributed by atoms with Crippen LogP contribution in [-0.2, 0) is 6.54 Å². The van der Waals surface area contributed by atoms with E-state index in [4.69, 9.17) is 0 Å². The first-order valence-corrected chi connectivity index (χ1v) is 7.78. The number of hydrogen-bond donors (Lipinski definition) is 2. The summed E-state index contributed by atoms with van der Waals surface area (Å²) >= 11 is 0. The summed E-state index contributed by atoms with van der Waals surface area (Å²) < 4.78 is 2.64. The van der Waals surface area contributed by atoms with Crippen LogP contribution in [0.5, 0.6) is 5.88 Å². The Labute approximate surface area is 137 Å². The molecule has 2 heterocycles. The van der Waals surface area contributed by atoms with E-state index in [1.807, 2.05) is 24.3 Å². The lowest BCUT2D eigenvalue weighted by Crippen LogP contribution is -2.27. The molecule has 0 saturated carbocycles. The van der Waals surface area contributed by atoms with Gasteiger partial charge in [0.2, 0.25) is 5.88 Å². The van der Waals surface area contributed by atoms with E-state index in [9.17, 15) is 20.3 Å². The van der Waals surface area contributed by atoms with Gasteiger partial charge in [-0.15, -0.1) is 0 Å². The summed E-state index contributed by atoms with van der Waals surface area (Å²) in [6, 6.07) is 12.7. The fourth-order valence-corrected chi connectivity index (χ4v) is 3.47. The summed E-state index contributed by atoms with van der Waals surface area (Å²) in [5.41, 5.74) is 0.892. The summed E-state index contributed by atoms with van der Waals surface area (Å²) in [5, 5.41) is 31.4. The predicted octanol–water partition coefficient (Wildman–Crippen LogP) is 2.20. The Bertz CT molecular complexity index is 1060. The minimum absolute atomic E-state index is 0.234. The van der Waals surface area contributed by atoms with Gasteiger partial charge in [0.25, 0.3) is 0 Å². The van der Waals surface area contributed by atoms with Gasteiger partial charge in [-0.1, -0.05) is 24.3 Å². The molecule has 0 spiro atoms. The molecular formula is C18H15N3O3. The van der Waals surface area contributed by atoms with Gasteiger partial charge >= 0.3 is 5.69 Å². The van der Waals surface area contributed by atoms with Crippen LogP contribution in [0.1, 0.15) is 30.2 Å². The highest BCUT2D eigenvalue weighted by molar-refractivity contribution is 5.94. The molecule has 4 rings (SSSR count). The molecule has 3 aromatic rings. The highest BCUT2D eigenvalue weighted by Gasteiger charge is 2.29. The van der Waals surface area contributed by atoms with Gasteiger partial charge in [0.15, 0.2) is 0 Å². The molecule has 1 atom stereocenters. The van der Waals surface area contributed by atoms with Crippen molar-refractivity contribution < 1.29 is 10.2 Å². The third-order valence-electron chi connectivity index (χ3n) is 4.59. The number of aliphatic hydroxyl groups excluding tert-OH is 1. The number of nitriles is 1. The van der Waals surface area contributed by atoms with Gasteiger partial charge in [0.05, 0.1) is 23.4 Å². The van der Waals surface area contributed by atoms with Crippen molar-refractivity contribution in [2.45, 2.75) is 25.5 Å². The topological polar surface area (TPSA) is 91.2 Å². The third-order valence-corrected chi connectivity index (χ3v) is 4.59. The van der Waals surface area contributed by atoms with Gasteiger partial charge in [0.1, 0.15) is 5.69 Å². The van der Waals surface area contributed by atoms with Crippen LogP contribution >= 0.6 is 0 Å². The maximum Gasteiger partial charge on any atom is 0.336 e. The lowest BCUT2D eigenvalue weighted by molar-refractivity contribution is 0.134. The second-order valence-electron chi connectivity index (χ2n) is 5.93. The molecule has 24 heavy (non-hydrogen) atoms. The van der Waals surface area contributed by atoms with Crippen molar-refractivity contribution >= 4 is 10.8 Å². The minimum atomic E-state index is -0.850. The summed E-state index contributed by atoms with van der Waals surface area (Å²) in [6.45, 7) is 0.472. The molecule has 6 heteroatoms. The Kier molecular flexibility index (Phi) is 3.18. The smallest absolute Gasteiger partial charge is 0.336 e. The number of nitrogens with zero attached hydrogens (tertiary/aromatic N) is 3. The number of rotatable bonds is 1. The Morgan fingerprint density at radius 2 is 1.92 bits per heavy atom. The first kappa shape index (κ1) is 14.5. The minimum Gasteiger partial charge on any atom is -0.493 e. The van der Waals surface area contributed by atoms with Crippen molar-refractivity contribution in [1.29, 1.82) is 5.26 Å². The first-order chi connectivity index (χ1) is 11.6. The fourth-order valence-electron chi connectivity index (χ4n) is 3.47. The second kappa shape index (κ2) is 5.25. The standard InChI is InChI=1S/C18H15N3O3/c19-10-11-7-8-14(13-5-2-1-4-12(11)13)21-17(23)16-15(22)6-3-9-20(16)18(21)24/h1-2,4-5,7-8,15,22-23H,3,6,9H2. The lowest BCUT2D eigenvalue weighted by Gasteiger charge is -2.18. The normalized spacial score (nSPS) is 16.8. The van der Waals surface area contributed by atoms with Crippen LogP contribution in [0.25, 0.3) is 16.5 Å². The van der Waals surface area contributed by atoms with Crippen molar-refractivity contribution in [3.05, 3.63) is 58.1 Å². The van der Waals surface area contributed by atoms with Crippen molar-refractivity contribution in [2.75, 3.05) is 0 Å². The Balaban J connectivity index is 2.08. The van der Waals surface area contributed by atoms with E-state index in [1.54, 1.807) is 12.1 Å². The summed E-state index contributed by atoms with van der Waals surface area (Å²) in [6.07, 6.45) is 0.355. The van der Waals surface area contributed by atoms with Crippen LogP contribution in [0.15, 0.2) is 41.2 Å². The largest absolute Gasteiger partial charge is 0.493 e. The van der Waals surface area contributed by atoms with Crippen molar-refractivity contribution in [2.24, 2.45) is 0 Å². The number of aromatic nitrogens is 2. The van der Waals surface area contributed by atoms with Gasteiger partial charge in [-0.25, -0.2) is 9.36 Å². The summed E-state index contributed by atoms with van der Waals surface area (Å²) in [7, 11) is 0. The van der Waals surface area contributed by atoms with Crippen molar-refractivity contribution in [1.82, 2.24) is 9.13 Å². The van der Waals surface area contributed by atoms with Gasteiger partial charge in [-0.2, -0.15) is 5.26 Å². The second-order valence-corrected chi connectivity index (χ2v) is 5.93. The van der Waals surface area contributed by atoms with Crippen molar-refractivity contribution in [3.8, 4) is 17.6 Å². The van der Waals surface area contributed by atoms with E-state index in [0.29, 0.717) is 41.4 Å². The Morgan fingerprint density at radius 1 is 1.17 bits per heavy atom. The number of aromatic hydroxyl groups is 1. The highest BCUT2D eigenvalue weighted by Crippen LogP contribution is 2.34. The van der Waals surface area contributed by atoms with Crippen LogP contribution in [0.3, 0.4) is 0 Å². The molecule has 0 fully saturated rings. The average Bonchev–Trinajstić information content (AvgIpc) is 2.86. The molecule has 120 valence electrons. The molecular weight excluding hydrogens is 306 g/mol. The molecule has 0 aliphatic carbocycles. The van der Waals surface area contributed by atoms with E-state index >= 15 is 0 Å². The van der Waals surface area contributed by atoms with Crippen LogP contribution in [0, 0.1) is 11.3 Å². The Morgan fingerprint density at radius 3 is 2.62 bits per heavy atom. The van der Waals surface area contributed by atoms with E-state index in [1.165, 1.54) is 9.13 Å². The maximum atomic E-state index is 12.8. The molecule has 2 aromatic carbocycles. The fraction of sp³-hybridized carbons (Fsp3) is 0.222. The van der Waals surface area contributed by atoms with Crippen molar-refractivity contribution in [3.63, 3.8) is 0 Å². The molecule has 1 unspecified atom stereocenters. The lowest BCUT2D eigenvalue weighted by atomic mass is 10.0. The molecule has 1 aliphatic rings. The molecule has 0 amide bonds. The molecule has 2 N–H and O–H groups in total. The SMILES string of the molecule is N#Cc1ccc(-n2c(O)c3n(c2=O)CCCC3O)c2ccccc12. The molecule has 1 aromatic heterocycles. The number of hydrogen-bond acceptors (Lipinski definition) is 4. The molecule has 6 nitrogen and oxygen atoms in total. The van der Waals surface area contributed by atoms with Gasteiger partial charge in [-0.05, 0) is 25.0 Å². The molecule has 0 radical (unpaired) electrons. The zero-order valence-corrected chi connectivity index (χ0v) is 12.8. The summed E-state index contributed by atoms with van der Waals surface area (Å²) in [5.74, 6) is -0.234. The zero-order chi connectivity index (χ0) is 16.8. The zero-order valence-electron chi connectivity index (χ0n) is 12.8. The summed E-state index contributed by atoms with van der Waals surface area (Å²) in [4.78, 5) is 12.8. The highest BCUT2D eigenvalue weighted by atomic mass is 16.3. The third kappa shape index (κ3) is 1.88. The average molecular weight is 321 g/mol.